The second-order valence-corrected chi connectivity index (χ2v) is 3.34. The maximum Gasteiger partial charge on any atom is 0.127 e. The Hall–Kier alpha value is -1.57. The van der Waals surface area contributed by atoms with Gasteiger partial charge in [0, 0.05) is 14.8 Å². The Labute approximate surface area is 98.7 Å². The van der Waals surface area contributed by atoms with Crippen LogP contribution >= 0.6 is 0 Å². The highest BCUT2D eigenvalue weighted by Crippen LogP contribution is 2.19. The lowest BCUT2D eigenvalue weighted by molar-refractivity contribution is 0.483. The van der Waals surface area contributed by atoms with Gasteiger partial charge in [-0.05, 0) is 24.3 Å². The number of rotatable bonds is 4. The molecule has 0 aromatic heterocycles. The Morgan fingerprint density at radius 1 is 0.812 bits per heavy atom. The summed E-state index contributed by atoms with van der Waals surface area (Å²) in [5, 5.41) is 0. The highest BCUT2D eigenvalue weighted by Gasteiger charge is 1.97. The maximum atomic E-state index is 5.66. The van der Waals surface area contributed by atoms with Gasteiger partial charge in [0.05, 0.1) is 7.17 Å². The van der Waals surface area contributed by atoms with Crippen LogP contribution in [0.5, 0.6) is 11.5 Å². The van der Waals surface area contributed by atoms with Crippen LogP contribution < -0.4 is 10.2 Å². The quantitative estimate of drug-likeness (QED) is 0.682. The van der Waals surface area contributed by atoms with Gasteiger partial charge in [0.15, 0.2) is 0 Å². The predicted molar refractivity (Wildman–Crippen MR) is 69.9 cm³/mol. The maximum absolute atomic E-state index is 5.66. The lowest BCUT2D eigenvalue weighted by atomic mass is 9.26. The first-order chi connectivity index (χ1) is 7.88. The molecule has 0 heterocycles. The Kier molecular flexibility index (Phi) is 3.76. The third-order valence-corrected chi connectivity index (χ3v) is 2.15. The molecule has 0 fully saturated rings. The van der Waals surface area contributed by atoms with Gasteiger partial charge in [-0.15, -0.1) is 0 Å². The fourth-order valence-corrected chi connectivity index (χ4v) is 1.38. The normalized spacial score (nSPS) is 9.50. The molecule has 4 heteroatoms. The van der Waals surface area contributed by atoms with Crippen molar-refractivity contribution in [2.45, 2.75) is 0 Å². The molecule has 0 saturated heterocycles. The van der Waals surface area contributed by atoms with Crippen molar-refractivity contribution in [1.29, 1.82) is 0 Å². The molecule has 2 aromatic rings. The van der Waals surface area contributed by atoms with E-state index in [1.807, 2.05) is 61.8 Å². The molecule has 0 N–H and O–H groups in total. The fourth-order valence-electron chi connectivity index (χ4n) is 1.38. The van der Waals surface area contributed by atoms with Crippen molar-refractivity contribution < 1.29 is 4.74 Å². The van der Waals surface area contributed by atoms with Crippen molar-refractivity contribution in [2.75, 3.05) is 0 Å². The summed E-state index contributed by atoms with van der Waals surface area (Å²) in [6, 6.07) is 17.5. The van der Waals surface area contributed by atoms with Crippen molar-refractivity contribution >= 4 is 27.4 Å². The van der Waals surface area contributed by atoms with E-state index in [1.54, 1.807) is 0 Å². The van der Waals surface area contributed by atoms with Gasteiger partial charge in [0.2, 0.25) is 0 Å². The molecule has 2 aromatic carbocycles. The van der Waals surface area contributed by atoms with Gasteiger partial charge in [0.25, 0.3) is 0 Å². The van der Waals surface area contributed by atoms with E-state index in [-0.39, 0.29) is 0 Å². The van der Waals surface area contributed by atoms with E-state index in [4.69, 9.17) is 12.5 Å². The van der Waals surface area contributed by atoms with Crippen molar-refractivity contribution in [3.05, 3.63) is 54.6 Å². The summed E-state index contributed by atoms with van der Waals surface area (Å²) in [5.41, 5.74) is 1.06. The largest absolute Gasteiger partial charge is 0.457 e. The molecule has 2 rings (SSSR count). The molecular weight excluding hydrogens is 193 g/mol. The molecule has 0 aliphatic heterocycles. The molecule has 0 aliphatic carbocycles. The summed E-state index contributed by atoms with van der Waals surface area (Å²) in [4.78, 5) is 0. The average Bonchev–Trinajstić information content (AvgIpc) is 2.33. The van der Waals surface area contributed by atoms with Crippen LogP contribution in [0.2, 0.25) is 0 Å². The van der Waals surface area contributed by atoms with Crippen LogP contribution in [0.25, 0.3) is 0 Å². The van der Waals surface area contributed by atoms with E-state index in [2.05, 4.69) is 0 Å². The first kappa shape index (κ1) is 10.9. The summed E-state index contributed by atoms with van der Waals surface area (Å²) >= 11 is 0. The van der Waals surface area contributed by atoms with Gasteiger partial charge in [-0.1, -0.05) is 35.8 Å². The molecule has 16 heavy (non-hydrogen) atoms. The predicted octanol–water partition coefficient (Wildman–Crippen LogP) is 1.51. The van der Waals surface area contributed by atoms with E-state index in [0.717, 1.165) is 17.0 Å². The highest BCUT2D eigenvalue weighted by atomic mass is 16.5. The van der Waals surface area contributed by atoms with E-state index in [0.29, 0.717) is 0 Å². The van der Waals surface area contributed by atoms with E-state index >= 15 is 0 Å². The summed E-state index contributed by atoms with van der Waals surface area (Å²) in [5.74, 6) is 1.66. The second-order valence-electron chi connectivity index (χ2n) is 3.34. The Bertz CT molecular complexity index is 428. The van der Waals surface area contributed by atoms with Crippen LogP contribution in [0.3, 0.4) is 0 Å². The zero-order valence-electron chi connectivity index (χ0n) is 8.84. The molecule has 0 aliphatic rings. The SMILES string of the molecule is [B][B][B]c1ccc(Oc2ccccc2)cc1. The topological polar surface area (TPSA) is 9.23 Å². The third kappa shape index (κ3) is 2.96. The van der Waals surface area contributed by atoms with Crippen LogP contribution in [0, 0.1) is 0 Å². The average molecular weight is 202 g/mol. The summed E-state index contributed by atoms with van der Waals surface area (Å²) in [6.07, 6.45) is 0. The van der Waals surface area contributed by atoms with Gasteiger partial charge >= 0.3 is 0 Å². The molecule has 72 valence electrons. The summed E-state index contributed by atoms with van der Waals surface area (Å²) in [6.45, 7) is 0. The lowest BCUT2D eigenvalue weighted by Gasteiger charge is -2.06. The van der Waals surface area contributed by atoms with Crippen molar-refractivity contribution in [3.8, 4) is 11.5 Å². The smallest absolute Gasteiger partial charge is 0.127 e. The van der Waals surface area contributed by atoms with Gasteiger partial charge in [-0.25, -0.2) is 0 Å². The number of ether oxygens (including phenoxy) is 1. The van der Waals surface area contributed by atoms with E-state index in [9.17, 15) is 0 Å². The van der Waals surface area contributed by atoms with Crippen LogP contribution in [0.1, 0.15) is 0 Å². The van der Waals surface area contributed by atoms with E-state index < -0.39 is 0 Å². The van der Waals surface area contributed by atoms with Gasteiger partial charge in [-0.2, -0.15) is 0 Å². The minimum Gasteiger partial charge on any atom is -0.457 e. The molecule has 0 atom stereocenters. The molecule has 0 amide bonds. The zero-order valence-corrected chi connectivity index (χ0v) is 8.84. The molecule has 0 saturated carbocycles. The molecule has 0 unspecified atom stereocenters. The molecule has 0 bridgehead atoms. The first-order valence-corrected chi connectivity index (χ1v) is 5.10. The minimum atomic E-state index is 0.820. The monoisotopic (exact) mass is 202 g/mol. The molecule has 0 spiro atoms. The number of hydrogen-bond donors (Lipinski definition) is 0. The Morgan fingerprint density at radius 3 is 2.06 bits per heavy atom. The number of para-hydroxylation sites is 1. The van der Waals surface area contributed by atoms with Crippen molar-refractivity contribution in [1.82, 2.24) is 0 Å². The molecule has 4 radical (unpaired) electrons. The van der Waals surface area contributed by atoms with Gasteiger partial charge < -0.3 is 4.74 Å². The summed E-state index contributed by atoms with van der Waals surface area (Å²) < 4.78 is 5.66. The Balaban J connectivity index is 2.05. The standard InChI is InChI=1S/C12H9B3O/c13-15-14-10-6-8-12(9-7-10)16-11-4-2-1-3-5-11/h1-9H. The third-order valence-electron chi connectivity index (χ3n) is 2.15. The Morgan fingerprint density at radius 2 is 1.44 bits per heavy atom. The van der Waals surface area contributed by atoms with E-state index in [1.165, 1.54) is 7.06 Å². The van der Waals surface area contributed by atoms with Crippen LogP contribution in [0.4, 0.5) is 0 Å². The lowest BCUT2D eigenvalue weighted by Crippen LogP contribution is -2.20. The van der Waals surface area contributed by atoms with Crippen LogP contribution in [-0.4, -0.2) is 22.0 Å². The first-order valence-electron chi connectivity index (χ1n) is 5.10. The number of hydrogen-bond acceptors (Lipinski definition) is 1. The van der Waals surface area contributed by atoms with Crippen LogP contribution in [0.15, 0.2) is 54.6 Å². The molecular formula is C12H9B3O. The van der Waals surface area contributed by atoms with Gasteiger partial charge in [0.1, 0.15) is 11.5 Å². The van der Waals surface area contributed by atoms with Crippen molar-refractivity contribution in [2.24, 2.45) is 0 Å². The van der Waals surface area contributed by atoms with Crippen molar-refractivity contribution in [3.63, 3.8) is 0 Å². The fraction of sp³-hybridized carbons (Fsp3) is 0. The number of benzene rings is 2. The second kappa shape index (κ2) is 5.50. The zero-order chi connectivity index (χ0) is 11.2. The summed E-state index contributed by atoms with van der Waals surface area (Å²) in [7, 11) is 8.67. The minimum absolute atomic E-state index is 0.820. The highest BCUT2D eigenvalue weighted by molar-refractivity contribution is 7.27. The van der Waals surface area contributed by atoms with Crippen LogP contribution in [-0.2, 0) is 0 Å². The van der Waals surface area contributed by atoms with Gasteiger partial charge in [-0.3, -0.25) is 0 Å². The molecule has 1 nitrogen and oxygen atoms in total.